The van der Waals surface area contributed by atoms with Gasteiger partial charge in [0.1, 0.15) is 11.4 Å². The van der Waals surface area contributed by atoms with Crippen LogP contribution in [-0.4, -0.2) is 18.2 Å². The number of benzene rings is 1. The lowest BCUT2D eigenvalue weighted by molar-refractivity contribution is -0.0149. The highest BCUT2D eigenvalue weighted by atomic mass is 79.9. The fourth-order valence-electron chi connectivity index (χ4n) is 2.56. The first-order valence-corrected chi connectivity index (χ1v) is 8.21. The molecule has 0 aromatic heterocycles. The maximum Gasteiger partial charge on any atom is 0.134 e. The second-order valence-electron chi connectivity index (χ2n) is 5.69. The molecule has 0 atom stereocenters. The number of nitrogens with one attached hydrogen (secondary N) is 1. The van der Waals surface area contributed by atoms with Crippen LogP contribution in [0.4, 0.5) is 0 Å². The highest BCUT2D eigenvalue weighted by molar-refractivity contribution is 9.10. The monoisotopic (exact) mass is 343 g/mol. The summed E-state index contributed by atoms with van der Waals surface area (Å²) in [6.07, 6.45) is 7.38. The number of hydrogen-bond donors (Lipinski definition) is 1. The Balaban J connectivity index is 1.60. The summed E-state index contributed by atoms with van der Waals surface area (Å²) in [4.78, 5) is 0. The van der Waals surface area contributed by atoms with E-state index in [2.05, 4.69) is 21.2 Å². The van der Waals surface area contributed by atoms with Crippen LogP contribution in [0.25, 0.3) is 0 Å². The minimum Gasteiger partial charge on any atom is -0.486 e. The molecule has 0 spiro atoms. The van der Waals surface area contributed by atoms with Gasteiger partial charge in [-0.25, -0.2) is 0 Å². The van der Waals surface area contributed by atoms with Crippen molar-refractivity contribution >= 4 is 27.5 Å². The Bertz CT molecular complexity index is 457. The van der Waals surface area contributed by atoms with Crippen LogP contribution >= 0.6 is 27.5 Å². The van der Waals surface area contributed by atoms with Crippen molar-refractivity contribution in [3.05, 3.63) is 27.7 Å². The number of rotatable bonds is 6. The SMILES string of the molecule is Clc1ccc(OC2(CCNC3CC3)CCC2)c(Br)c1. The van der Waals surface area contributed by atoms with E-state index in [1.54, 1.807) is 0 Å². The molecule has 0 bridgehead atoms. The molecule has 2 fully saturated rings. The summed E-state index contributed by atoms with van der Waals surface area (Å²) in [5, 5.41) is 4.31. The molecule has 0 radical (unpaired) electrons. The first-order valence-electron chi connectivity index (χ1n) is 7.04. The second kappa shape index (κ2) is 5.63. The molecule has 0 aliphatic heterocycles. The van der Waals surface area contributed by atoms with Gasteiger partial charge < -0.3 is 10.1 Å². The Morgan fingerprint density at radius 2 is 2.16 bits per heavy atom. The van der Waals surface area contributed by atoms with Gasteiger partial charge in [-0.15, -0.1) is 0 Å². The molecular formula is C15H19BrClNO. The minimum absolute atomic E-state index is 0.0399. The Morgan fingerprint density at radius 1 is 1.37 bits per heavy atom. The van der Waals surface area contributed by atoms with E-state index in [1.807, 2.05) is 18.2 Å². The van der Waals surface area contributed by atoms with Gasteiger partial charge in [0.15, 0.2) is 0 Å². The smallest absolute Gasteiger partial charge is 0.134 e. The first kappa shape index (κ1) is 13.7. The summed E-state index contributed by atoms with van der Waals surface area (Å²) in [6, 6.07) is 6.52. The van der Waals surface area contributed by atoms with E-state index in [0.29, 0.717) is 0 Å². The normalized spacial score (nSPS) is 20.9. The molecule has 0 amide bonds. The Labute approximate surface area is 128 Å². The fourth-order valence-corrected chi connectivity index (χ4v) is 3.32. The quantitative estimate of drug-likeness (QED) is 0.817. The van der Waals surface area contributed by atoms with E-state index < -0.39 is 0 Å². The molecule has 1 N–H and O–H groups in total. The van der Waals surface area contributed by atoms with Crippen molar-refractivity contribution in [3.63, 3.8) is 0 Å². The molecule has 19 heavy (non-hydrogen) atoms. The van der Waals surface area contributed by atoms with Gasteiger partial charge in [0, 0.05) is 11.1 Å². The highest BCUT2D eigenvalue weighted by Crippen LogP contribution is 2.41. The first-order chi connectivity index (χ1) is 9.17. The summed E-state index contributed by atoms with van der Waals surface area (Å²) >= 11 is 9.50. The van der Waals surface area contributed by atoms with Crippen molar-refractivity contribution in [2.45, 2.75) is 50.2 Å². The van der Waals surface area contributed by atoms with Crippen LogP contribution in [0.1, 0.15) is 38.5 Å². The summed E-state index contributed by atoms with van der Waals surface area (Å²) in [6.45, 7) is 1.07. The van der Waals surface area contributed by atoms with E-state index in [1.165, 1.54) is 19.3 Å². The lowest BCUT2D eigenvalue weighted by Gasteiger charge is -2.42. The molecular weight excluding hydrogens is 326 g/mol. The maximum absolute atomic E-state index is 6.28. The average molecular weight is 345 g/mol. The van der Waals surface area contributed by atoms with Crippen LogP contribution in [-0.2, 0) is 0 Å². The van der Waals surface area contributed by atoms with E-state index in [4.69, 9.17) is 16.3 Å². The van der Waals surface area contributed by atoms with Gasteiger partial charge in [-0.3, -0.25) is 0 Å². The van der Waals surface area contributed by atoms with Crippen molar-refractivity contribution in [3.8, 4) is 5.75 Å². The van der Waals surface area contributed by atoms with Crippen LogP contribution in [0.15, 0.2) is 22.7 Å². The van der Waals surface area contributed by atoms with Gasteiger partial charge in [0.2, 0.25) is 0 Å². The molecule has 104 valence electrons. The number of hydrogen-bond acceptors (Lipinski definition) is 2. The topological polar surface area (TPSA) is 21.3 Å². The van der Waals surface area contributed by atoms with E-state index >= 15 is 0 Å². The molecule has 0 unspecified atom stereocenters. The molecule has 2 saturated carbocycles. The summed E-state index contributed by atoms with van der Waals surface area (Å²) in [5.74, 6) is 0.913. The van der Waals surface area contributed by atoms with Crippen molar-refractivity contribution in [1.82, 2.24) is 5.32 Å². The molecule has 4 heteroatoms. The molecule has 2 aliphatic rings. The predicted octanol–water partition coefficient (Wildman–Crippen LogP) is 4.55. The minimum atomic E-state index is 0.0399. The molecule has 1 aromatic carbocycles. The van der Waals surface area contributed by atoms with Gasteiger partial charge in [-0.1, -0.05) is 11.6 Å². The fraction of sp³-hybridized carbons (Fsp3) is 0.600. The van der Waals surface area contributed by atoms with Crippen LogP contribution < -0.4 is 10.1 Å². The Kier molecular flexibility index (Phi) is 4.06. The van der Waals surface area contributed by atoms with Crippen LogP contribution in [0, 0.1) is 0 Å². The Hall–Kier alpha value is -0.250. The van der Waals surface area contributed by atoms with Gasteiger partial charge >= 0.3 is 0 Å². The third-order valence-corrected chi connectivity index (χ3v) is 4.93. The van der Waals surface area contributed by atoms with Crippen LogP contribution in [0.5, 0.6) is 5.75 Å². The summed E-state index contributed by atoms with van der Waals surface area (Å²) in [5.41, 5.74) is 0.0399. The second-order valence-corrected chi connectivity index (χ2v) is 6.98. The molecule has 0 saturated heterocycles. The third kappa shape index (κ3) is 3.45. The van der Waals surface area contributed by atoms with E-state index in [0.717, 1.165) is 47.1 Å². The molecule has 0 heterocycles. The number of ether oxygens (including phenoxy) is 1. The molecule has 1 aromatic rings. The predicted molar refractivity (Wildman–Crippen MR) is 82.0 cm³/mol. The van der Waals surface area contributed by atoms with E-state index in [-0.39, 0.29) is 5.60 Å². The number of halogens is 2. The van der Waals surface area contributed by atoms with Gasteiger partial charge in [-0.2, -0.15) is 0 Å². The molecule has 3 rings (SSSR count). The third-order valence-electron chi connectivity index (χ3n) is 4.08. The van der Waals surface area contributed by atoms with Gasteiger partial charge in [0.05, 0.1) is 4.47 Å². The van der Waals surface area contributed by atoms with Crippen molar-refractivity contribution in [2.75, 3.05) is 6.54 Å². The zero-order chi connectivity index (χ0) is 13.3. The van der Waals surface area contributed by atoms with Crippen molar-refractivity contribution < 1.29 is 4.74 Å². The van der Waals surface area contributed by atoms with Crippen molar-refractivity contribution in [2.24, 2.45) is 0 Å². The lowest BCUT2D eigenvalue weighted by Crippen LogP contribution is -2.45. The highest BCUT2D eigenvalue weighted by Gasteiger charge is 2.39. The standard InChI is InChI=1S/C15H19BrClNO/c16-13-10-11(17)2-5-14(13)19-15(6-1-7-15)8-9-18-12-3-4-12/h2,5,10,12,18H,1,3-4,6-9H2. The lowest BCUT2D eigenvalue weighted by atomic mass is 9.77. The van der Waals surface area contributed by atoms with Gasteiger partial charge in [-0.05, 0) is 79.2 Å². The summed E-state index contributed by atoms with van der Waals surface area (Å²) < 4.78 is 7.23. The summed E-state index contributed by atoms with van der Waals surface area (Å²) in [7, 11) is 0. The van der Waals surface area contributed by atoms with Crippen molar-refractivity contribution in [1.29, 1.82) is 0 Å². The van der Waals surface area contributed by atoms with Gasteiger partial charge in [0.25, 0.3) is 0 Å². The molecule has 2 nitrogen and oxygen atoms in total. The van der Waals surface area contributed by atoms with E-state index in [9.17, 15) is 0 Å². The maximum atomic E-state index is 6.28. The largest absolute Gasteiger partial charge is 0.486 e. The van der Waals surface area contributed by atoms with Crippen LogP contribution in [0.2, 0.25) is 5.02 Å². The zero-order valence-electron chi connectivity index (χ0n) is 10.9. The molecule has 2 aliphatic carbocycles. The van der Waals surface area contributed by atoms with Crippen LogP contribution in [0.3, 0.4) is 0 Å². The Morgan fingerprint density at radius 3 is 2.74 bits per heavy atom. The zero-order valence-corrected chi connectivity index (χ0v) is 13.3. The average Bonchev–Trinajstić information content (AvgIpc) is 3.13.